The molecule has 1 unspecified atom stereocenters. The zero-order chi connectivity index (χ0) is 5.33. The molecule has 0 amide bonds. The standard InChI is InChI=1S/C4H8ClNO/c1-4(5)6-2-3-7-4/h6H,2-3H2,1H3. The molecule has 0 spiro atoms. The molecular formula is C4H8ClNO. The minimum Gasteiger partial charge on any atom is -0.346 e. The Hall–Kier alpha value is 0.210. The van der Waals surface area contributed by atoms with Crippen LogP contribution >= 0.6 is 11.6 Å². The summed E-state index contributed by atoms with van der Waals surface area (Å²) in [5.74, 6) is 0. The third-order valence-electron chi connectivity index (χ3n) is 0.916. The van der Waals surface area contributed by atoms with Crippen LogP contribution in [0.15, 0.2) is 0 Å². The van der Waals surface area contributed by atoms with Crippen molar-refractivity contribution in [1.29, 1.82) is 0 Å². The van der Waals surface area contributed by atoms with Gasteiger partial charge in [-0.05, 0) is 6.92 Å². The molecule has 0 aromatic rings. The summed E-state index contributed by atoms with van der Waals surface area (Å²) in [6.45, 7) is 3.38. The van der Waals surface area contributed by atoms with Crippen molar-refractivity contribution in [1.82, 2.24) is 5.32 Å². The van der Waals surface area contributed by atoms with Gasteiger partial charge in [0.15, 0.2) is 5.18 Å². The summed E-state index contributed by atoms with van der Waals surface area (Å²) in [6.07, 6.45) is 0. The predicted molar refractivity (Wildman–Crippen MR) is 28.2 cm³/mol. The molecule has 0 aliphatic carbocycles. The molecule has 1 saturated heterocycles. The fourth-order valence-electron chi connectivity index (χ4n) is 0.568. The van der Waals surface area contributed by atoms with Crippen LogP contribution in [0.5, 0.6) is 0 Å². The van der Waals surface area contributed by atoms with Gasteiger partial charge in [-0.15, -0.1) is 0 Å². The highest BCUT2D eigenvalue weighted by Crippen LogP contribution is 2.14. The lowest BCUT2D eigenvalue weighted by molar-refractivity contribution is 0.0796. The van der Waals surface area contributed by atoms with Gasteiger partial charge in [0.25, 0.3) is 0 Å². The molecule has 1 N–H and O–H groups in total. The Morgan fingerprint density at radius 3 is 2.71 bits per heavy atom. The van der Waals surface area contributed by atoms with Gasteiger partial charge in [0, 0.05) is 6.54 Å². The van der Waals surface area contributed by atoms with Crippen LogP contribution < -0.4 is 5.32 Å². The van der Waals surface area contributed by atoms with Gasteiger partial charge in [0.2, 0.25) is 0 Å². The lowest BCUT2D eigenvalue weighted by Gasteiger charge is -2.11. The van der Waals surface area contributed by atoms with Gasteiger partial charge in [-0.1, -0.05) is 11.6 Å². The summed E-state index contributed by atoms with van der Waals surface area (Å²) in [7, 11) is 0. The molecule has 7 heavy (non-hydrogen) atoms. The van der Waals surface area contributed by atoms with Crippen molar-refractivity contribution in [2.24, 2.45) is 0 Å². The Bertz CT molecular complexity index is 66.1. The number of hydrogen-bond acceptors (Lipinski definition) is 2. The van der Waals surface area contributed by atoms with Crippen molar-refractivity contribution >= 4 is 11.6 Å². The number of alkyl halides is 1. The van der Waals surface area contributed by atoms with Gasteiger partial charge < -0.3 is 4.74 Å². The summed E-state index contributed by atoms with van der Waals surface area (Å²) in [5, 5.41) is 2.36. The van der Waals surface area contributed by atoms with Crippen molar-refractivity contribution in [2.75, 3.05) is 13.2 Å². The van der Waals surface area contributed by atoms with E-state index >= 15 is 0 Å². The minimum atomic E-state index is -0.583. The van der Waals surface area contributed by atoms with E-state index in [1.165, 1.54) is 0 Å². The minimum absolute atomic E-state index is 0.583. The molecule has 1 aliphatic rings. The molecule has 0 saturated carbocycles. The van der Waals surface area contributed by atoms with E-state index in [2.05, 4.69) is 5.32 Å². The van der Waals surface area contributed by atoms with Gasteiger partial charge in [-0.3, -0.25) is 5.32 Å². The second-order valence-electron chi connectivity index (χ2n) is 1.69. The first-order valence-electron chi connectivity index (χ1n) is 2.29. The van der Waals surface area contributed by atoms with Crippen molar-refractivity contribution in [3.05, 3.63) is 0 Å². The highest BCUT2D eigenvalue weighted by molar-refractivity contribution is 6.22. The quantitative estimate of drug-likeness (QED) is 0.373. The van der Waals surface area contributed by atoms with Crippen LogP contribution in [0, 0.1) is 0 Å². The largest absolute Gasteiger partial charge is 0.346 e. The predicted octanol–water partition coefficient (Wildman–Crippen LogP) is 0.519. The SMILES string of the molecule is CC1(Cl)NCCO1. The molecule has 0 radical (unpaired) electrons. The van der Waals surface area contributed by atoms with E-state index in [-0.39, 0.29) is 0 Å². The third-order valence-corrected chi connectivity index (χ3v) is 1.16. The lowest BCUT2D eigenvalue weighted by atomic mass is 10.6. The van der Waals surface area contributed by atoms with Crippen molar-refractivity contribution in [2.45, 2.75) is 12.1 Å². The molecule has 1 heterocycles. The molecule has 0 bridgehead atoms. The fraction of sp³-hybridized carbons (Fsp3) is 1.00. The fourth-order valence-corrected chi connectivity index (χ4v) is 0.740. The van der Waals surface area contributed by atoms with Gasteiger partial charge in [-0.2, -0.15) is 0 Å². The maximum Gasteiger partial charge on any atom is 0.193 e. The summed E-state index contributed by atoms with van der Waals surface area (Å²) in [6, 6.07) is 0. The van der Waals surface area contributed by atoms with Crippen molar-refractivity contribution in [3.8, 4) is 0 Å². The smallest absolute Gasteiger partial charge is 0.193 e. The van der Waals surface area contributed by atoms with Crippen LogP contribution in [0.1, 0.15) is 6.92 Å². The molecular weight excluding hydrogens is 114 g/mol. The van der Waals surface area contributed by atoms with E-state index in [0.717, 1.165) is 13.2 Å². The monoisotopic (exact) mass is 121 g/mol. The maximum absolute atomic E-state index is 5.63. The Morgan fingerprint density at radius 2 is 2.57 bits per heavy atom. The zero-order valence-corrected chi connectivity index (χ0v) is 4.96. The normalized spacial score (nSPS) is 42.0. The first-order valence-corrected chi connectivity index (χ1v) is 2.66. The molecule has 1 rings (SSSR count). The summed E-state index contributed by atoms with van der Waals surface area (Å²) >= 11 is 5.63. The molecule has 2 nitrogen and oxygen atoms in total. The topological polar surface area (TPSA) is 21.3 Å². The zero-order valence-electron chi connectivity index (χ0n) is 4.20. The molecule has 3 heteroatoms. The first kappa shape index (κ1) is 5.35. The van der Waals surface area contributed by atoms with Gasteiger partial charge in [0.1, 0.15) is 0 Å². The van der Waals surface area contributed by atoms with Crippen LogP contribution in [0.2, 0.25) is 0 Å². The van der Waals surface area contributed by atoms with Crippen LogP contribution in [-0.2, 0) is 4.74 Å². The van der Waals surface area contributed by atoms with Crippen LogP contribution in [0.3, 0.4) is 0 Å². The second-order valence-corrected chi connectivity index (χ2v) is 2.41. The third kappa shape index (κ3) is 1.30. The molecule has 1 atom stereocenters. The number of hydrogen-bond donors (Lipinski definition) is 1. The maximum atomic E-state index is 5.63. The van der Waals surface area contributed by atoms with Gasteiger partial charge in [-0.25, -0.2) is 0 Å². The van der Waals surface area contributed by atoms with E-state index < -0.39 is 5.18 Å². The van der Waals surface area contributed by atoms with Crippen molar-refractivity contribution < 1.29 is 4.74 Å². The van der Waals surface area contributed by atoms with E-state index in [1.54, 1.807) is 6.92 Å². The summed E-state index contributed by atoms with van der Waals surface area (Å²) in [5.41, 5.74) is 0. The van der Waals surface area contributed by atoms with E-state index in [1.807, 2.05) is 0 Å². The number of rotatable bonds is 0. The average Bonchev–Trinajstić information content (AvgIpc) is 1.84. The number of nitrogens with one attached hydrogen (secondary N) is 1. The average molecular weight is 122 g/mol. The Balaban J connectivity index is 2.40. The van der Waals surface area contributed by atoms with E-state index in [9.17, 15) is 0 Å². The molecule has 0 aromatic heterocycles. The Labute approximate surface area is 47.8 Å². The Kier molecular flexibility index (Phi) is 1.24. The Morgan fingerprint density at radius 1 is 1.86 bits per heavy atom. The summed E-state index contributed by atoms with van der Waals surface area (Å²) in [4.78, 5) is 0. The van der Waals surface area contributed by atoms with E-state index in [0.29, 0.717) is 0 Å². The molecule has 0 aromatic carbocycles. The van der Waals surface area contributed by atoms with Crippen molar-refractivity contribution in [3.63, 3.8) is 0 Å². The van der Waals surface area contributed by atoms with Crippen LogP contribution in [0.4, 0.5) is 0 Å². The van der Waals surface area contributed by atoms with Gasteiger partial charge >= 0.3 is 0 Å². The lowest BCUT2D eigenvalue weighted by Crippen LogP contribution is -2.30. The van der Waals surface area contributed by atoms with Crippen LogP contribution in [0.25, 0.3) is 0 Å². The highest BCUT2D eigenvalue weighted by atomic mass is 35.5. The van der Waals surface area contributed by atoms with E-state index in [4.69, 9.17) is 16.3 Å². The highest BCUT2D eigenvalue weighted by Gasteiger charge is 2.24. The number of halogens is 1. The number of ether oxygens (including phenoxy) is 1. The molecule has 1 fully saturated rings. The molecule has 1 aliphatic heterocycles. The van der Waals surface area contributed by atoms with Crippen LogP contribution in [-0.4, -0.2) is 18.3 Å². The van der Waals surface area contributed by atoms with Gasteiger partial charge in [0.05, 0.1) is 6.61 Å². The molecule has 42 valence electrons. The second kappa shape index (κ2) is 1.62. The summed E-state index contributed by atoms with van der Waals surface area (Å²) < 4.78 is 4.99. The first-order chi connectivity index (χ1) is 3.21.